The van der Waals surface area contributed by atoms with Crippen LogP contribution in [0.3, 0.4) is 0 Å². The van der Waals surface area contributed by atoms with Gasteiger partial charge >= 0.3 is 11.7 Å². The highest BCUT2D eigenvalue weighted by atomic mass is 16.6. The number of ether oxygens (including phenoxy) is 4. The lowest BCUT2D eigenvalue weighted by atomic mass is 10.1. The van der Waals surface area contributed by atoms with Gasteiger partial charge in [-0.15, -0.1) is 0 Å². The first-order chi connectivity index (χ1) is 13.4. The van der Waals surface area contributed by atoms with Gasteiger partial charge in [0.2, 0.25) is 0 Å². The van der Waals surface area contributed by atoms with Crippen molar-refractivity contribution in [2.24, 2.45) is 0 Å². The van der Waals surface area contributed by atoms with E-state index in [1.54, 1.807) is 0 Å². The topological polar surface area (TPSA) is 97.1 Å². The van der Waals surface area contributed by atoms with E-state index in [2.05, 4.69) is 0 Å². The molecule has 0 spiro atoms. The molecule has 0 saturated carbocycles. The molecule has 1 aliphatic heterocycles. The molecule has 0 aromatic heterocycles. The molecule has 0 aliphatic carbocycles. The number of benzene rings is 2. The zero-order valence-electron chi connectivity index (χ0n) is 15.9. The maximum atomic E-state index is 12.4. The van der Waals surface area contributed by atoms with E-state index in [0.29, 0.717) is 17.9 Å². The number of fused-ring (bicyclic) bond motifs is 1. The molecule has 1 heterocycles. The molecule has 0 fully saturated rings. The summed E-state index contributed by atoms with van der Waals surface area (Å²) in [6.07, 6.45) is 0.882. The fourth-order valence-electron chi connectivity index (χ4n) is 3.07. The molecule has 0 bridgehead atoms. The van der Waals surface area contributed by atoms with Gasteiger partial charge in [-0.1, -0.05) is 0 Å². The Morgan fingerprint density at radius 2 is 2.07 bits per heavy atom. The van der Waals surface area contributed by atoms with Gasteiger partial charge in [-0.2, -0.15) is 0 Å². The minimum atomic E-state index is -0.678. The average Bonchev–Trinajstić information content (AvgIpc) is 3.04. The summed E-state index contributed by atoms with van der Waals surface area (Å²) >= 11 is 0. The number of carbonyl (C=O) groups excluding carboxylic acids is 1. The van der Waals surface area contributed by atoms with Gasteiger partial charge in [-0.05, 0) is 38.1 Å². The molecule has 0 N–H and O–H groups in total. The van der Waals surface area contributed by atoms with Crippen LogP contribution in [0.5, 0.6) is 17.2 Å². The summed E-state index contributed by atoms with van der Waals surface area (Å²) in [5.41, 5.74) is 1.49. The van der Waals surface area contributed by atoms with Gasteiger partial charge in [0.25, 0.3) is 0 Å². The highest BCUT2D eigenvalue weighted by Crippen LogP contribution is 2.35. The van der Waals surface area contributed by atoms with Crippen LogP contribution in [0.15, 0.2) is 30.3 Å². The summed E-state index contributed by atoms with van der Waals surface area (Å²) in [7, 11) is 1.33. The van der Waals surface area contributed by atoms with Gasteiger partial charge in [0.15, 0.2) is 5.75 Å². The van der Waals surface area contributed by atoms with E-state index in [0.717, 1.165) is 23.8 Å². The third-order valence-corrected chi connectivity index (χ3v) is 4.35. The van der Waals surface area contributed by atoms with Crippen molar-refractivity contribution in [2.75, 3.05) is 13.7 Å². The normalized spacial score (nSPS) is 14.8. The van der Waals surface area contributed by atoms with Crippen molar-refractivity contribution in [3.05, 3.63) is 57.1 Å². The molecule has 0 amide bonds. The van der Waals surface area contributed by atoms with Crippen LogP contribution in [-0.2, 0) is 17.8 Å². The summed E-state index contributed by atoms with van der Waals surface area (Å²) < 4.78 is 21.7. The van der Waals surface area contributed by atoms with E-state index in [1.807, 2.05) is 26.0 Å². The van der Waals surface area contributed by atoms with Crippen LogP contribution in [0.4, 0.5) is 5.69 Å². The number of rotatable bonds is 7. The Morgan fingerprint density at radius 1 is 1.29 bits per heavy atom. The van der Waals surface area contributed by atoms with E-state index in [4.69, 9.17) is 18.9 Å². The minimum Gasteiger partial charge on any atom is -0.493 e. The fraction of sp³-hybridized carbons (Fsp3) is 0.350. The molecule has 2 aromatic rings. The SMILES string of the molecule is CCOc1cc2c(cc1COC(=O)c1ccc(OC)c([N+](=O)[O-])c1)O[C@@H](C)C2. The molecule has 0 radical (unpaired) electrons. The number of esters is 1. The average molecular weight is 387 g/mol. The van der Waals surface area contributed by atoms with Gasteiger partial charge in [-0.25, -0.2) is 4.79 Å². The first-order valence-corrected chi connectivity index (χ1v) is 8.87. The number of nitro groups is 1. The van der Waals surface area contributed by atoms with Crippen LogP contribution in [0.25, 0.3) is 0 Å². The number of hydrogen-bond acceptors (Lipinski definition) is 7. The Balaban J connectivity index is 1.79. The summed E-state index contributed by atoms with van der Waals surface area (Å²) in [6, 6.07) is 7.64. The Bertz CT molecular complexity index is 910. The highest BCUT2D eigenvalue weighted by molar-refractivity contribution is 5.90. The molecule has 1 atom stereocenters. The maximum absolute atomic E-state index is 12.4. The van der Waals surface area contributed by atoms with Crippen LogP contribution in [-0.4, -0.2) is 30.7 Å². The lowest BCUT2D eigenvalue weighted by molar-refractivity contribution is -0.385. The van der Waals surface area contributed by atoms with E-state index in [9.17, 15) is 14.9 Å². The molecule has 148 valence electrons. The molecule has 28 heavy (non-hydrogen) atoms. The van der Waals surface area contributed by atoms with Crippen LogP contribution >= 0.6 is 0 Å². The second-order valence-electron chi connectivity index (χ2n) is 6.35. The molecule has 0 saturated heterocycles. The van der Waals surface area contributed by atoms with E-state index in [1.165, 1.54) is 19.2 Å². The van der Waals surface area contributed by atoms with Crippen molar-refractivity contribution >= 4 is 11.7 Å². The minimum absolute atomic E-state index is 0.0426. The summed E-state index contributed by atoms with van der Waals surface area (Å²) in [5.74, 6) is 0.780. The molecule has 8 nitrogen and oxygen atoms in total. The zero-order chi connectivity index (χ0) is 20.3. The Kier molecular flexibility index (Phi) is 5.67. The molecule has 1 aliphatic rings. The monoisotopic (exact) mass is 387 g/mol. The van der Waals surface area contributed by atoms with Gasteiger partial charge in [0.1, 0.15) is 24.2 Å². The smallest absolute Gasteiger partial charge is 0.338 e. The Labute approximate surface area is 162 Å². The maximum Gasteiger partial charge on any atom is 0.338 e. The first-order valence-electron chi connectivity index (χ1n) is 8.87. The van der Waals surface area contributed by atoms with Crippen LogP contribution in [0.2, 0.25) is 0 Å². The molecule has 3 rings (SSSR count). The summed E-state index contributed by atoms with van der Waals surface area (Å²) in [5, 5.41) is 11.1. The van der Waals surface area contributed by atoms with E-state index >= 15 is 0 Å². The largest absolute Gasteiger partial charge is 0.493 e. The van der Waals surface area contributed by atoms with E-state index in [-0.39, 0.29) is 29.7 Å². The lowest BCUT2D eigenvalue weighted by Crippen LogP contribution is -2.08. The number of carbonyl (C=O) groups is 1. The van der Waals surface area contributed by atoms with E-state index < -0.39 is 10.9 Å². The van der Waals surface area contributed by atoms with Crippen LogP contribution in [0.1, 0.15) is 35.3 Å². The predicted octanol–water partition coefficient (Wildman–Crippen LogP) is 3.68. The van der Waals surface area contributed by atoms with Crippen molar-refractivity contribution in [1.29, 1.82) is 0 Å². The number of methoxy groups -OCH3 is 1. The van der Waals surface area contributed by atoms with Crippen molar-refractivity contribution in [1.82, 2.24) is 0 Å². The van der Waals surface area contributed by atoms with Crippen LogP contribution in [0, 0.1) is 10.1 Å². The zero-order valence-corrected chi connectivity index (χ0v) is 15.9. The van der Waals surface area contributed by atoms with Gasteiger partial charge in [-0.3, -0.25) is 10.1 Å². The van der Waals surface area contributed by atoms with Crippen molar-refractivity contribution in [2.45, 2.75) is 33.0 Å². The Morgan fingerprint density at radius 3 is 2.75 bits per heavy atom. The van der Waals surface area contributed by atoms with Crippen LogP contribution < -0.4 is 14.2 Å². The number of nitro benzene ring substituents is 1. The number of hydrogen-bond donors (Lipinski definition) is 0. The van der Waals surface area contributed by atoms with Crippen molar-refractivity contribution in [3.63, 3.8) is 0 Å². The highest BCUT2D eigenvalue weighted by Gasteiger charge is 2.23. The summed E-state index contributed by atoms with van der Waals surface area (Å²) in [6.45, 7) is 4.29. The second kappa shape index (κ2) is 8.16. The Hall–Kier alpha value is -3.29. The third-order valence-electron chi connectivity index (χ3n) is 4.35. The molecule has 0 unspecified atom stereocenters. The third kappa shape index (κ3) is 4.00. The van der Waals surface area contributed by atoms with Gasteiger partial charge in [0.05, 0.1) is 24.2 Å². The first kappa shape index (κ1) is 19.5. The van der Waals surface area contributed by atoms with Gasteiger partial charge < -0.3 is 18.9 Å². The quantitative estimate of drug-likeness (QED) is 0.406. The van der Waals surface area contributed by atoms with Crippen molar-refractivity contribution in [3.8, 4) is 17.2 Å². The standard InChI is InChI=1S/C20H21NO7/c1-4-26-18-9-14-7-12(2)28-19(14)10-15(18)11-27-20(22)13-5-6-17(25-3)16(8-13)21(23)24/h5-6,8-10,12H,4,7,11H2,1-3H3/t12-/m0/s1. The number of nitrogens with zero attached hydrogens (tertiary/aromatic N) is 1. The van der Waals surface area contributed by atoms with Crippen molar-refractivity contribution < 1.29 is 28.7 Å². The van der Waals surface area contributed by atoms with Gasteiger partial charge in [0, 0.05) is 23.6 Å². The second-order valence-corrected chi connectivity index (χ2v) is 6.35. The molecular formula is C20H21NO7. The fourth-order valence-corrected chi connectivity index (χ4v) is 3.07. The molecule has 2 aromatic carbocycles. The molecular weight excluding hydrogens is 366 g/mol. The predicted molar refractivity (Wildman–Crippen MR) is 100 cm³/mol. The summed E-state index contributed by atoms with van der Waals surface area (Å²) in [4.78, 5) is 22.9. The lowest BCUT2D eigenvalue weighted by Gasteiger charge is -2.13. The molecule has 8 heteroatoms.